The van der Waals surface area contributed by atoms with E-state index in [9.17, 15) is 9.90 Å². The van der Waals surface area contributed by atoms with Crippen molar-refractivity contribution in [3.63, 3.8) is 0 Å². The van der Waals surface area contributed by atoms with E-state index in [0.29, 0.717) is 37.5 Å². The van der Waals surface area contributed by atoms with Gasteiger partial charge >= 0.3 is 11.8 Å². The fraction of sp³-hybridized carbons (Fsp3) is 0.444. The lowest BCUT2D eigenvalue weighted by atomic mass is 10.1. The van der Waals surface area contributed by atoms with Gasteiger partial charge in [0, 0.05) is 46.3 Å². The first kappa shape index (κ1) is 32.8. The smallest absolute Gasteiger partial charge is 0.316 e. The second-order valence-electron chi connectivity index (χ2n) is 7.99. The third-order valence-electron chi connectivity index (χ3n) is 5.53. The van der Waals surface area contributed by atoms with Gasteiger partial charge < -0.3 is 19.3 Å². The van der Waals surface area contributed by atoms with Gasteiger partial charge in [0.1, 0.15) is 0 Å². The summed E-state index contributed by atoms with van der Waals surface area (Å²) in [6, 6.07) is 0. The van der Waals surface area contributed by atoms with Gasteiger partial charge in [0.15, 0.2) is 5.82 Å². The number of aliphatic hydroxyl groups excluding tert-OH is 1. The molecule has 1 N–H and O–H groups in total. The number of halogens is 2. The number of amides is 1. The Balaban J connectivity index is 0.00000163. The molecule has 2 unspecified atom stereocenters. The van der Waals surface area contributed by atoms with E-state index in [1.807, 2.05) is 43.1 Å². The maximum absolute atomic E-state index is 12.9. The first-order valence-corrected chi connectivity index (χ1v) is 14.4. The molecule has 2 atom stereocenters. The highest BCUT2D eigenvalue weighted by molar-refractivity contribution is 9.11. The quantitative estimate of drug-likeness (QED) is 0.224. The van der Waals surface area contributed by atoms with Gasteiger partial charge in [0.2, 0.25) is 0 Å². The van der Waals surface area contributed by atoms with Crippen molar-refractivity contribution in [3.8, 4) is 0 Å². The number of nitrogens with zero attached hydrogens (tertiary/aromatic N) is 4. The molecule has 1 aliphatic heterocycles. The number of carbonyl (C=O) groups excluding carboxylic acids is 1. The molecule has 10 heteroatoms. The molecule has 2 heterocycles. The van der Waals surface area contributed by atoms with Gasteiger partial charge in [-0.3, -0.25) is 9.69 Å². The molecule has 2 aliphatic rings. The molecule has 0 saturated carbocycles. The SMILES string of the molecule is C=C.CBr.COC(C)/C=C\C=C/CN1CCN(C(=O)c2nc(C3C=C/C=C(/O)CC/C(Br)=C\3)no2)CC1. The summed E-state index contributed by atoms with van der Waals surface area (Å²) in [5.74, 6) is 2.05. The summed E-state index contributed by atoms with van der Waals surface area (Å²) in [5.41, 5.74) is 0. The maximum atomic E-state index is 12.9. The van der Waals surface area contributed by atoms with Crippen LogP contribution in [0.25, 0.3) is 0 Å². The van der Waals surface area contributed by atoms with Crippen LogP contribution in [0.2, 0.25) is 0 Å². The van der Waals surface area contributed by atoms with Crippen molar-refractivity contribution in [2.24, 2.45) is 0 Å². The van der Waals surface area contributed by atoms with E-state index in [4.69, 9.17) is 9.26 Å². The number of alkyl halides is 1. The Bertz CT molecular complexity index is 963. The molecule has 1 saturated heterocycles. The molecule has 0 bridgehead atoms. The van der Waals surface area contributed by atoms with Crippen molar-refractivity contribution in [1.82, 2.24) is 19.9 Å². The number of aromatic nitrogens is 2. The highest BCUT2D eigenvalue weighted by Gasteiger charge is 2.27. The number of carbonyl (C=O) groups is 1. The number of ether oxygens (including phenoxy) is 1. The van der Waals surface area contributed by atoms with Crippen molar-refractivity contribution in [1.29, 1.82) is 0 Å². The zero-order chi connectivity index (χ0) is 27.6. The van der Waals surface area contributed by atoms with Crippen LogP contribution in [-0.4, -0.2) is 82.7 Å². The third-order valence-corrected chi connectivity index (χ3v) is 6.20. The third kappa shape index (κ3) is 11.8. The molecule has 1 aromatic heterocycles. The Morgan fingerprint density at radius 2 is 1.97 bits per heavy atom. The van der Waals surface area contributed by atoms with Gasteiger partial charge in [0.25, 0.3) is 0 Å². The largest absolute Gasteiger partial charge is 0.512 e. The Morgan fingerprint density at radius 3 is 2.65 bits per heavy atom. The van der Waals surface area contributed by atoms with E-state index in [2.05, 4.69) is 66.1 Å². The van der Waals surface area contributed by atoms with E-state index >= 15 is 0 Å². The first-order valence-electron chi connectivity index (χ1n) is 12.0. The minimum Gasteiger partial charge on any atom is -0.512 e. The van der Waals surface area contributed by atoms with Crippen molar-refractivity contribution >= 4 is 37.8 Å². The van der Waals surface area contributed by atoms with Crippen LogP contribution in [0.15, 0.2) is 76.5 Å². The molecule has 1 aromatic rings. The fourth-order valence-corrected chi connectivity index (χ4v) is 3.91. The van der Waals surface area contributed by atoms with Crippen LogP contribution in [0.5, 0.6) is 0 Å². The molecule has 1 amide bonds. The van der Waals surface area contributed by atoms with E-state index < -0.39 is 0 Å². The molecular formula is C27H38Br2N4O4. The van der Waals surface area contributed by atoms with Crippen LogP contribution in [0.1, 0.15) is 42.2 Å². The summed E-state index contributed by atoms with van der Waals surface area (Å²) >= 11 is 6.46. The number of aliphatic hydroxyl groups is 1. The van der Waals surface area contributed by atoms with Gasteiger partial charge in [-0.25, -0.2) is 0 Å². The monoisotopic (exact) mass is 640 g/mol. The number of allylic oxidation sites excluding steroid dienone is 8. The molecule has 37 heavy (non-hydrogen) atoms. The van der Waals surface area contributed by atoms with Gasteiger partial charge in [0.05, 0.1) is 17.8 Å². The topological polar surface area (TPSA) is 91.9 Å². The Morgan fingerprint density at radius 1 is 1.27 bits per heavy atom. The van der Waals surface area contributed by atoms with Crippen molar-refractivity contribution in [2.45, 2.75) is 31.8 Å². The molecule has 3 rings (SSSR count). The number of methoxy groups -OCH3 is 1. The van der Waals surface area contributed by atoms with Crippen LogP contribution in [0.3, 0.4) is 0 Å². The molecule has 1 fully saturated rings. The standard InChI is InChI=1S/C24H31BrN4O4.C2H4.CH3Br/c1-18(32-2)7-4-3-5-12-28-13-15-29(16-14-28)24(31)23-26-22(27-33-23)19-8-6-9-21(30)11-10-20(25)17-19;2*1-2/h3-9,17-19,30H,10-16H2,1-2H3;1-2H2;1H3/b5-3-,7-4-,8-6?,20-17+,21-9+;;. The summed E-state index contributed by atoms with van der Waals surface area (Å²) in [6.45, 7) is 11.6. The van der Waals surface area contributed by atoms with Crippen LogP contribution in [0, 0.1) is 0 Å². The van der Waals surface area contributed by atoms with E-state index in [0.717, 1.165) is 24.1 Å². The lowest BCUT2D eigenvalue weighted by Gasteiger charge is -2.33. The lowest BCUT2D eigenvalue weighted by molar-refractivity contribution is 0.0601. The minimum atomic E-state index is -0.253. The highest BCUT2D eigenvalue weighted by atomic mass is 79.9. The fourth-order valence-electron chi connectivity index (χ4n) is 3.43. The average Bonchev–Trinajstić information content (AvgIpc) is 3.45. The van der Waals surface area contributed by atoms with Gasteiger partial charge in [-0.05, 0) is 29.7 Å². The number of piperazine rings is 1. The van der Waals surface area contributed by atoms with Crippen molar-refractivity contribution < 1.29 is 19.2 Å². The number of hydrogen-bond donors (Lipinski definition) is 1. The summed E-state index contributed by atoms with van der Waals surface area (Å²) in [7, 11) is 1.69. The Labute approximate surface area is 237 Å². The Hall–Kier alpha value is -2.27. The molecular weight excluding hydrogens is 604 g/mol. The minimum absolute atomic E-state index is 0.00642. The predicted molar refractivity (Wildman–Crippen MR) is 156 cm³/mol. The van der Waals surface area contributed by atoms with Crippen LogP contribution in [0.4, 0.5) is 0 Å². The van der Waals surface area contributed by atoms with Crippen molar-refractivity contribution in [3.05, 3.63) is 83.7 Å². The van der Waals surface area contributed by atoms with Crippen LogP contribution >= 0.6 is 31.9 Å². The zero-order valence-electron chi connectivity index (χ0n) is 21.9. The molecule has 0 spiro atoms. The van der Waals surface area contributed by atoms with E-state index in [-0.39, 0.29) is 23.8 Å². The summed E-state index contributed by atoms with van der Waals surface area (Å²) in [5, 5.41) is 13.8. The van der Waals surface area contributed by atoms with E-state index in [1.54, 1.807) is 24.2 Å². The van der Waals surface area contributed by atoms with Gasteiger partial charge in [-0.2, -0.15) is 4.98 Å². The van der Waals surface area contributed by atoms with Crippen LogP contribution < -0.4 is 0 Å². The molecule has 0 radical (unpaired) electrons. The van der Waals surface area contributed by atoms with Crippen LogP contribution in [-0.2, 0) is 4.74 Å². The number of rotatable bonds is 7. The summed E-state index contributed by atoms with van der Waals surface area (Å²) < 4.78 is 11.4. The number of hydrogen-bond acceptors (Lipinski definition) is 7. The molecule has 204 valence electrons. The predicted octanol–water partition coefficient (Wildman–Crippen LogP) is 5.94. The second kappa shape index (κ2) is 18.9. The average molecular weight is 642 g/mol. The molecule has 1 aliphatic carbocycles. The summed E-state index contributed by atoms with van der Waals surface area (Å²) in [4.78, 5) is 21.3. The molecule has 0 aromatic carbocycles. The lowest BCUT2D eigenvalue weighted by Crippen LogP contribution is -2.48. The van der Waals surface area contributed by atoms with Crippen molar-refractivity contribution in [2.75, 3.05) is 45.7 Å². The maximum Gasteiger partial charge on any atom is 0.316 e. The molecule has 8 nitrogen and oxygen atoms in total. The first-order chi connectivity index (χ1) is 18.0. The zero-order valence-corrected chi connectivity index (χ0v) is 25.0. The second-order valence-corrected chi connectivity index (χ2v) is 9.01. The van der Waals surface area contributed by atoms with Gasteiger partial charge in [-0.15, -0.1) is 13.2 Å². The van der Waals surface area contributed by atoms with E-state index in [1.165, 1.54) is 0 Å². The Kier molecular flexibility index (Phi) is 16.7. The highest BCUT2D eigenvalue weighted by Crippen LogP contribution is 2.26. The normalized spacial score (nSPS) is 22.3. The van der Waals surface area contributed by atoms with Gasteiger partial charge in [-0.1, -0.05) is 79.5 Å². The summed E-state index contributed by atoms with van der Waals surface area (Å²) in [6.07, 6.45) is 16.7.